The number of nitrogens with one attached hydrogen (secondary N) is 1. The first-order valence-corrected chi connectivity index (χ1v) is 9.16. The second kappa shape index (κ2) is 9.44. The Morgan fingerprint density at radius 3 is 2.52 bits per heavy atom. The van der Waals surface area contributed by atoms with Gasteiger partial charge in [0.15, 0.2) is 13.2 Å². The second-order valence-corrected chi connectivity index (χ2v) is 6.89. The van der Waals surface area contributed by atoms with Crippen LogP contribution in [-0.4, -0.2) is 31.1 Å². The molecule has 0 aliphatic heterocycles. The minimum Gasteiger partial charge on any atom is -0.482 e. The van der Waals surface area contributed by atoms with E-state index in [0.717, 1.165) is 19.3 Å². The third-order valence-electron chi connectivity index (χ3n) is 5.11. The molecule has 25 heavy (non-hydrogen) atoms. The molecule has 0 unspecified atom stereocenters. The first-order valence-electron chi connectivity index (χ1n) is 9.16. The zero-order valence-electron chi connectivity index (χ0n) is 15.4. The molecule has 5 heteroatoms. The zero-order valence-corrected chi connectivity index (χ0v) is 15.4. The molecule has 1 N–H and O–H groups in total. The average Bonchev–Trinajstić information content (AvgIpc) is 2.62. The number of aryl methyl sites for hydroxylation is 1. The molecule has 1 aromatic carbocycles. The van der Waals surface area contributed by atoms with Gasteiger partial charge in [-0.15, -0.1) is 0 Å². The van der Waals surface area contributed by atoms with Crippen molar-refractivity contribution in [3.8, 4) is 5.75 Å². The molecule has 1 amide bonds. The van der Waals surface area contributed by atoms with Gasteiger partial charge in [0.1, 0.15) is 5.75 Å². The summed E-state index contributed by atoms with van der Waals surface area (Å²) >= 11 is 0. The lowest BCUT2D eigenvalue weighted by molar-refractivity contribution is -0.150. The van der Waals surface area contributed by atoms with E-state index in [1.165, 1.54) is 12.0 Å². The molecule has 2 rings (SSSR count). The van der Waals surface area contributed by atoms with Crippen molar-refractivity contribution in [3.05, 3.63) is 29.8 Å². The maximum absolute atomic E-state index is 12.0. The summed E-state index contributed by atoms with van der Waals surface area (Å²) < 4.78 is 10.4. The van der Waals surface area contributed by atoms with Gasteiger partial charge in [0, 0.05) is 6.04 Å². The van der Waals surface area contributed by atoms with E-state index in [4.69, 9.17) is 9.47 Å². The van der Waals surface area contributed by atoms with Crippen LogP contribution in [0.25, 0.3) is 0 Å². The number of carbonyl (C=O) groups is 2. The molecule has 1 saturated carbocycles. The first kappa shape index (κ1) is 19.3. The van der Waals surface area contributed by atoms with Crippen LogP contribution in [0.5, 0.6) is 5.75 Å². The average molecular weight is 347 g/mol. The molecule has 3 atom stereocenters. The van der Waals surface area contributed by atoms with Crippen LogP contribution in [0.3, 0.4) is 0 Å². The van der Waals surface area contributed by atoms with Crippen molar-refractivity contribution < 1.29 is 19.1 Å². The molecule has 1 aliphatic rings. The Balaban J connectivity index is 1.67. The molecule has 5 nitrogen and oxygen atoms in total. The molecular weight excluding hydrogens is 318 g/mol. The van der Waals surface area contributed by atoms with Crippen molar-refractivity contribution >= 4 is 11.9 Å². The largest absolute Gasteiger partial charge is 0.482 e. The van der Waals surface area contributed by atoms with Crippen LogP contribution in [0.4, 0.5) is 0 Å². The van der Waals surface area contributed by atoms with Gasteiger partial charge in [-0.2, -0.15) is 0 Å². The van der Waals surface area contributed by atoms with Crippen molar-refractivity contribution in [2.75, 3.05) is 13.2 Å². The van der Waals surface area contributed by atoms with E-state index >= 15 is 0 Å². The van der Waals surface area contributed by atoms with Gasteiger partial charge in [0.2, 0.25) is 0 Å². The van der Waals surface area contributed by atoms with E-state index in [9.17, 15) is 9.59 Å². The van der Waals surface area contributed by atoms with Gasteiger partial charge in [0.05, 0.1) is 0 Å². The number of hydrogen-bond acceptors (Lipinski definition) is 4. The third kappa shape index (κ3) is 6.07. The molecule has 0 bridgehead atoms. The van der Waals surface area contributed by atoms with Crippen LogP contribution in [0.15, 0.2) is 24.3 Å². The van der Waals surface area contributed by atoms with Crippen molar-refractivity contribution in [1.82, 2.24) is 5.32 Å². The van der Waals surface area contributed by atoms with Crippen LogP contribution in [0.2, 0.25) is 0 Å². The number of ether oxygens (including phenoxy) is 2. The number of carbonyl (C=O) groups excluding carboxylic acids is 2. The second-order valence-electron chi connectivity index (χ2n) is 6.89. The Morgan fingerprint density at radius 2 is 1.84 bits per heavy atom. The monoisotopic (exact) mass is 347 g/mol. The Bertz CT molecular complexity index is 570. The zero-order chi connectivity index (χ0) is 18.2. The lowest BCUT2D eigenvalue weighted by Crippen LogP contribution is -2.45. The Labute approximate surface area is 150 Å². The minimum atomic E-state index is -0.542. The SMILES string of the molecule is CCc1ccc(OCC(=O)OCC(=O)N[C@H]2CCC[C@@H](C)[C@@H]2C)cc1. The van der Waals surface area contributed by atoms with E-state index in [2.05, 4.69) is 26.1 Å². The molecule has 0 heterocycles. The highest BCUT2D eigenvalue weighted by molar-refractivity contribution is 5.81. The van der Waals surface area contributed by atoms with E-state index in [-0.39, 0.29) is 25.2 Å². The fourth-order valence-electron chi connectivity index (χ4n) is 3.19. The summed E-state index contributed by atoms with van der Waals surface area (Å²) in [7, 11) is 0. The van der Waals surface area contributed by atoms with Gasteiger partial charge in [-0.25, -0.2) is 4.79 Å². The molecule has 0 aromatic heterocycles. The van der Waals surface area contributed by atoms with Gasteiger partial charge in [-0.1, -0.05) is 45.7 Å². The Kier molecular flexibility index (Phi) is 7.29. The third-order valence-corrected chi connectivity index (χ3v) is 5.11. The van der Waals surface area contributed by atoms with Crippen molar-refractivity contribution in [1.29, 1.82) is 0 Å². The first-order chi connectivity index (χ1) is 12.0. The van der Waals surface area contributed by atoms with Crippen LogP contribution in [-0.2, 0) is 20.7 Å². The fourth-order valence-corrected chi connectivity index (χ4v) is 3.19. The van der Waals surface area contributed by atoms with Crippen LogP contribution >= 0.6 is 0 Å². The van der Waals surface area contributed by atoms with E-state index in [1.54, 1.807) is 0 Å². The molecule has 138 valence electrons. The molecule has 1 aliphatic carbocycles. The number of esters is 1. The molecule has 0 saturated heterocycles. The molecule has 0 radical (unpaired) electrons. The van der Waals surface area contributed by atoms with E-state index in [1.807, 2.05) is 24.3 Å². The Morgan fingerprint density at radius 1 is 1.12 bits per heavy atom. The van der Waals surface area contributed by atoms with Crippen molar-refractivity contribution in [2.24, 2.45) is 11.8 Å². The summed E-state index contributed by atoms with van der Waals surface area (Å²) in [6, 6.07) is 7.73. The molecule has 0 spiro atoms. The molecule has 1 fully saturated rings. The van der Waals surface area contributed by atoms with Crippen LogP contribution < -0.4 is 10.1 Å². The van der Waals surface area contributed by atoms with Crippen LogP contribution in [0, 0.1) is 11.8 Å². The maximum Gasteiger partial charge on any atom is 0.344 e. The van der Waals surface area contributed by atoms with Crippen LogP contribution in [0.1, 0.15) is 45.6 Å². The Hall–Kier alpha value is -2.04. The number of benzene rings is 1. The predicted octanol–water partition coefficient (Wildman–Crippen LogP) is 3.11. The van der Waals surface area contributed by atoms with Gasteiger partial charge >= 0.3 is 5.97 Å². The summed E-state index contributed by atoms with van der Waals surface area (Å²) in [6.45, 7) is 6.00. The summed E-state index contributed by atoms with van der Waals surface area (Å²) in [6.07, 6.45) is 4.28. The summed E-state index contributed by atoms with van der Waals surface area (Å²) in [5.74, 6) is 0.881. The predicted molar refractivity (Wildman–Crippen MR) is 96.4 cm³/mol. The highest BCUT2D eigenvalue weighted by Crippen LogP contribution is 2.29. The maximum atomic E-state index is 12.0. The lowest BCUT2D eigenvalue weighted by Gasteiger charge is -2.34. The molecular formula is C20H29NO4. The fraction of sp³-hybridized carbons (Fsp3) is 0.600. The quantitative estimate of drug-likeness (QED) is 0.770. The number of amides is 1. The summed E-state index contributed by atoms with van der Waals surface area (Å²) in [5, 5.41) is 2.98. The molecule has 1 aromatic rings. The summed E-state index contributed by atoms with van der Waals surface area (Å²) in [4.78, 5) is 23.7. The summed E-state index contributed by atoms with van der Waals surface area (Å²) in [5.41, 5.74) is 1.21. The van der Waals surface area contributed by atoms with Crippen molar-refractivity contribution in [2.45, 2.75) is 52.5 Å². The van der Waals surface area contributed by atoms with Gasteiger partial charge < -0.3 is 14.8 Å². The minimum absolute atomic E-state index is 0.170. The van der Waals surface area contributed by atoms with Gasteiger partial charge in [0.25, 0.3) is 5.91 Å². The lowest BCUT2D eigenvalue weighted by atomic mass is 9.78. The number of rotatable bonds is 7. The van der Waals surface area contributed by atoms with Crippen molar-refractivity contribution in [3.63, 3.8) is 0 Å². The van der Waals surface area contributed by atoms with Gasteiger partial charge in [-0.3, -0.25) is 4.79 Å². The smallest absolute Gasteiger partial charge is 0.344 e. The van der Waals surface area contributed by atoms with E-state index < -0.39 is 5.97 Å². The normalized spacial score (nSPS) is 22.9. The highest BCUT2D eigenvalue weighted by Gasteiger charge is 2.28. The van der Waals surface area contributed by atoms with Gasteiger partial charge in [-0.05, 0) is 42.4 Å². The number of hydrogen-bond donors (Lipinski definition) is 1. The topological polar surface area (TPSA) is 64.6 Å². The van der Waals surface area contributed by atoms with E-state index in [0.29, 0.717) is 17.6 Å². The standard InChI is InChI=1S/C20H29NO4/c1-4-16-8-10-17(11-9-16)24-13-20(23)25-12-19(22)21-18-7-5-6-14(2)15(18)3/h8-11,14-15,18H,4-7,12-13H2,1-3H3,(H,21,22)/t14-,15+,18+/m1/s1. The highest BCUT2D eigenvalue weighted by atomic mass is 16.6.